The van der Waals surface area contributed by atoms with Crippen LogP contribution in [0.3, 0.4) is 0 Å². The van der Waals surface area contributed by atoms with E-state index in [2.05, 4.69) is 15.6 Å². The molecule has 1 amide bonds. The fourth-order valence-electron chi connectivity index (χ4n) is 1.87. The number of nitro benzene ring substituents is 1. The lowest BCUT2D eigenvalue weighted by atomic mass is 10.1. The molecule has 0 radical (unpaired) electrons. The number of rotatable bonds is 6. The van der Waals surface area contributed by atoms with Crippen LogP contribution in [0, 0.1) is 21.4 Å². The molecular weight excluding hydrogens is 334 g/mol. The molecule has 0 saturated carbocycles. The van der Waals surface area contributed by atoms with Crippen molar-refractivity contribution in [2.75, 3.05) is 18.4 Å². The van der Waals surface area contributed by atoms with Gasteiger partial charge in [0.1, 0.15) is 17.5 Å². The predicted octanol–water partition coefficient (Wildman–Crippen LogP) is 2.36. The van der Waals surface area contributed by atoms with Gasteiger partial charge in [-0.15, -0.1) is 0 Å². The van der Waals surface area contributed by atoms with Crippen molar-refractivity contribution in [1.82, 2.24) is 10.3 Å². The van der Waals surface area contributed by atoms with E-state index in [9.17, 15) is 14.9 Å². The molecule has 0 spiro atoms. The minimum absolute atomic E-state index is 0.0547. The smallest absolute Gasteiger partial charge is 0.283 e. The topological polar surface area (TPSA) is 121 Å². The molecule has 24 heavy (non-hydrogen) atoms. The number of nitrogens with zero attached hydrogens (tertiary/aromatic N) is 3. The largest absolute Gasteiger partial charge is 0.368 e. The number of hydrogen-bond donors (Lipinski definition) is 2. The summed E-state index contributed by atoms with van der Waals surface area (Å²) in [7, 11) is 0. The van der Waals surface area contributed by atoms with Crippen molar-refractivity contribution in [3.63, 3.8) is 0 Å². The Bertz CT molecular complexity index is 802. The molecule has 0 fully saturated rings. The molecule has 0 aliphatic heterocycles. The number of nitriles is 1. The Morgan fingerprint density at radius 2 is 2.12 bits per heavy atom. The number of amides is 1. The lowest BCUT2D eigenvalue weighted by molar-refractivity contribution is -0.385. The number of benzene rings is 1. The van der Waals surface area contributed by atoms with Gasteiger partial charge >= 0.3 is 0 Å². The van der Waals surface area contributed by atoms with Gasteiger partial charge in [-0.3, -0.25) is 14.9 Å². The van der Waals surface area contributed by atoms with E-state index in [1.165, 1.54) is 18.3 Å². The number of carbonyl (C=O) groups excluding carboxylic acids is 1. The van der Waals surface area contributed by atoms with Crippen LogP contribution in [-0.4, -0.2) is 28.9 Å². The Morgan fingerprint density at radius 3 is 2.75 bits per heavy atom. The summed E-state index contributed by atoms with van der Waals surface area (Å²) in [6.45, 7) is 0.603. The molecular formula is C15H12ClN5O3. The molecule has 2 rings (SSSR count). The number of halogens is 1. The zero-order chi connectivity index (χ0) is 17.5. The van der Waals surface area contributed by atoms with Gasteiger partial charge in [0.05, 0.1) is 10.5 Å². The first-order chi connectivity index (χ1) is 11.5. The maximum absolute atomic E-state index is 12.0. The average Bonchev–Trinajstić information content (AvgIpc) is 2.59. The van der Waals surface area contributed by atoms with Crippen LogP contribution in [0.4, 0.5) is 11.5 Å². The number of hydrogen-bond acceptors (Lipinski definition) is 6. The minimum atomic E-state index is -0.653. The Hall–Kier alpha value is -3.18. The van der Waals surface area contributed by atoms with Gasteiger partial charge in [-0.2, -0.15) is 5.26 Å². The molecule has 0 atom stereocenters. The van der Waals surface area contributed by atoms with E-state index >= 15 is 0 Å². The number of anilines is 1. The fraction of sp³-hybridized carbons (Fsp3) is 0.133. The molecule has 122 valence electrons. The van der Waals surface area contributed by atoms with E-state index in [4.69, 9.17) is 16.9 Å². The van der Waals surface area contributed by atoms with Crippen LogP contribution >= 0.6 is 11.6 Å². The first kappa shape index (κ1) is 17.2. The quantitative estimate of drug-likeness (QED) is 0.471. The van der Waals surface area contributed by atoms with Gasteiger partial charge in [0.25, 0.3) is 11.6 Å². The second-order valence-electron chi connectivity index (χ2n) is 4.65. The van der Waals surface area contributed by atoms with Gasteiger partial charge in [-0.25, -0.2) is 4.98 Å². The highest BCUT2D eigenvalue weighted by atomic mass is 35.5. The lowest BCUT2D eigenvalue weighted by Crippen LogP contribution is -2.29. The lowest BCUT2D eigenvalue weighted by Gasteiger charge is -2.08. The molecule has 0 saturated heterocycles. The van der Waals surface area contributed by atoms with Crippen molar-refractivity contribution in [3.8, 4) is 6.07 Å². The minimum Gasteiger partial charge on any atom is -0.368 e. The Balaban J connectivity index is 1.89. The molecule has 0 aliphatic carbocycles. The van der Waals surface area contributed by atoms with E-state index in [-0.39, 0.29) is 22.8 Å². The third-order valence-electron chi connectivity index (χ3n) is 3.01. The Morgan fingerprint density at radius 1 is 1.33 bits per heavy atom. The van der Waals surface area contributed by atoms with Crippen molar-refractivity contribution >= 4 is 29.0 Å². The molecule has 8 nitrogen and oxygen atoms in total. The highest BCUT2D eigenvalue weighted by Crippen LogP contribution is 2.22. The van der Waals surface area contributed by atoms with E-state index in [1.54, 1.807) is 12.1 Å². The summed E-state index contributed by atoms with van der Waals surface area (Å²) in [6, 6.07) is 9.08. The van der Waals surface area contributed by atoms with Crippen molar-refractivity contribution in [1.29, 1.82) is 5.26 Å². The normalized spacial score (nSPS) is 9.83. The molecule has 0 aliphatic rings. The van der Waals surface area contributed by atoms with E-state index in [1.807, 2.05) is 6.07 Å². The summed E-state index contributed by atoms with van der Waals surface area (Å²) >= 11 is 5.71. The Labute approximate surface area is 142 Å². The van der Waals surface area contributed by atoms with Gasteiger partial charge in [-0.05, 0) is 24.3 Å². The summed E-state index contributed by atoms with van der Waals surface area (Å²) in [4.78, 5) is 26.4. The molecule has 0 unspecified atom stereocenters. The van der Waals surface area contributed by atoms with Crippen molar-refractivity contribution in [2.24, 2.45) is 0 Å². The summed E-state index contributed by atoms with van der Waals surface area (Å²) in [6.07, 6.45) is 1.43. The van der Waals surface area contributed by atoms with Gasteiger partial charge in [0.2, 0.25) is 0 Å². The van der Waals surface area contributed by atoms with Crippen molar-refractivity contribution < 1.29 is 9.72 Å². The van der Waals surface area contributed by atoms with E-state index < -0.39 is 10.8 Å². The average molecular weight is 346 g/mol. The predicted molar refractivity (Wildman–Crippen MR) is 87.9 cm³/mol. The van der Waals surface area contributed by atoms with Crippen molar-refractivity contribution in [3.05, 3.63) is 62.8 Å². The van der Waals surface area contributed by atoms with Crippen LogP contribution in [0.5, 0.6) is 0 Å². The molecule has 0 bridgehead atoms. The summed E-state index contributed by atoms with van der Waals surface area (Å²) in [5.74, 6) is -0.00585. The van der Waals surface area contributed by atoms with Gasteiger partial charge < -0.3 is 10.6 Å². The highest BCUT2D eigenvalue weighted by molar-refractivity contribution is 6.31. The molecule has 2 aromatic rings. The highest BCUT2D eigenvalue weighted by Gasteiger charge is 2.20. The van der Waals surface area contributed by atoms with Crippen LogP contribution in [0.15, 0.2) is 36.5 Å². The standard InChI is InChI=1S/C15H12ClN5O3/c16-11-2-3-12(13(7-11)21(23)24)15(22)19-6-5-18-14-4-1-10(8-17)9-20-14/h1-4,7,9H,5-6H2,(H,18,20)(H,19,22). The van der Waals surface area contributed by atoms with Crippen LogP contribution in [0.2, 0.25) is 5.02 Å². The molecule has 9 heteroatoms. The summed E-state index contributed by atoms with van der Waals surface area (Å²) in [5, 5.41) is 25.4. The summed E-state index contributed by atoms with van der Waals surface area (Å²) in [5.41, 5.74) is 0.0477. The maximum Gasteiger partial charge on any atom is 0.283 e. The summed E-state index contributed by atoms with van der Waals surface area (Å²) < 4.78 is 0. The molecule has 1 aromatic heterocycles. The van der Waals surface area contributed by atoms with E-state index in [0.717, 1.165) is 6.07 Å². The number of pyridine rings is 1. The molecule has 1 heterocycles. The fourth-order valence-corrected chi connectivity index (χ4v) is 2.04. The van der Waals surface area contributed by atoms with Gasteiger partial charge in [-0.1, -0.05) is 11.6 Å². The van der Waals surface area contributed by atoms with Crippen LogP contribution < -0.4 is 10.6 Å². The monoisotopic (exact) mass is 345 g/mol. The van der Waals surface area contributed by atoms with Crippen LogP contribution in [-0.2, 0) is 0 Å². The zero-order valence-corrected chi connectivity index (χ0v) is 13.1. The van der Waals surface area contributed by atoms with E-state index in [0.29, 0.717) is 17.9 Å². The molecule has 2 N–H and O–H groups in total. The third-order valence-corrected chi connectivity index (χ3v) is 3.25. The number of aromatic nitrogens is 1. The van der Waals surface area contributed by atoms with Crippen molar-refractivity contribution in [2.45, 2.75) is 0 Å². The first-order valence-corrected chi connectivity index (χ1v) is 7.21. The SMILES string of the molecule is N#Cc1ccc(NCCNC(=O)c2ccc(Cl)cc2[N+](=O)[O-])nc1. The maximum atomic E-state index is 12.0. The Kier molecular flexibility index (Phi) is 5.65. The first-order valence-electron chi connectivity index (χ1n) is 6.83. The second kappa shape index (κ2) is 7.89. The number of nitro groups is 1. The molecule has 1 aromatic carbocycles. The van der Waals surface area contributed by atoms with Crippen LogP contribution in [0.1, 0.15) is 15.9 Å². The van der Waals surface area contributed by atoms with Crippen LogP contribution in [0.25, 0.3) is 0 Å². The van der Waals surface area contributed by atoms with Gasteiger partial charge in [0.15, 0.2) is 0 Å². The number of nitrogens with one attached hydrogen (secondary N) is 2. The van der Waals surface area contributed by atoms with Gasteiger partial charge in [0, 0.05) is 30.4 Å². The zero-order valence-electron chi connectivity index (χ0n) is 12.3. The number of carbonyl (C=O) groups is 1. The third kappa shape index (κ3) is 4.41. The second-order valence-corrected chi connectivity index (χ2v) is 5.08.